The smallest absolute Gasteiger partial charge is 0.315 e. The second-order valence-electron chi connectivity index (χ2n) is 6.61. The summed E-state index contributed by atoms with van der Waals surface area (Å²) in [5, 5.41) is 6.01. The number of fused-ring (bicyclic) bond motifs is 1. The molecule has 0 spiro atoms. The largest absolute Gasteiger partial charge is 0.347 e. The summed E-state index contributed by atoms with van der Waals surface area (Å²) in [6.45, 7) is 0.633. The number of urea groups is 1. The average Bonchev–Trinajstić information content (AvgIpc) is 2.62. The average molecular weight is 339 g/mol. The van der Waals surface area contributed by atoms with Gasteiger partial charge < -0.3 is 15.5 Å². The molecule has 1 aromatic heterocycles. The number of anilines is 1. The number of nitrogens with zero attached hydrogens (tertiary/aromatic N) is 3. The summed E-state index contributed by atoms with van der Waals surface area (Å²) in [7, 11) is 3.88. The van der Waals surface area contributed by atoms with Crippen LogP contribution in [-0.2, 0) is 19.3 Å². The molecule has 1 aliphatic carbocycles. The zero-order valence-corrected chi connectivity index (χ0v) is 14.8. The van der Waals surface area contributed by atoms with E-state index in [-0.39, 0.29) is 12.1 Å². The van der Waals surface area contributed by atoms with Crippen molar-refractivity contribution < 1.29 is 4.79 Å². The van der Waals surface area contributed by atoms with Crippen LogP contribution in [0.4, 0.5) is 10.7 Å². The van der Waals surface area contributed by atoms with Crippen LogP contribution >= 0.6 is 0 Å². The molecule has 25 heavy (non-hydrogen) atoms. The topological polar surface area (TPSA) is 70.2 Å². The molecule has 0 bridgehead atoms. The number of hydrogen-bond donors (Lipinski definition) is 2. The second kappa shape index (κ2) is 7.96. The van der Waals surface area contributed by atoms with Gasteiger partial charge in [0.25, 0.3) is 0 Å². The van der Waals surface area contributed by atoms with E-state index >= 15 is 0 Å². The Labute approximate surface area is 148 Å². The van der Waals surface area contributed by atoms with E-state index in [0.717, 1.165) is 42.9 Å². The van der Waals surface area contributed by atoms with Gasteiger partial charge in [-0.25, -0.2) is 14.8 Å². The Morgan fingerprint density at radius 2 is 2.08 bits per heavy atom. The van der Waals surface area contributed by atoms with Crippen molar-refractivity contribution in [1.29, 1.82) is 0 Å². The van der Waals surface area contributed by atoms with E-state index < -0.39 is 0 Å². The van der Waals surface area contributed by atoms with Crippen LogP contribution in [0.5, 0.6) is 0 Å². The molecule has 3 rings (SSSR count). The minimum atomic E-state index is -0.102. The van der Waals surface area contributed by atoms with Crippen LogP contribution in [0.15, 0.2) is 36.5 Å². The van der Waals surface area contributed by atoms with Crippen LogP contribution in [0.25, 0.3) is 0 Å². The molecule has 0 fully saturated rings. The number of aryl methyl sites for hydroxylation is 1. The maximum Gasteiger partial charge on any atom is 0.315 e. The summed E-state index contributed by atoms with van der Waals surface area (Å²) in [6.07, 6.45) is 5.29. The Balaban J connectivity index is 1.47. The molecule has 1 aliphatic rings. The summed E-state index contributed by atoms with van der Waals surface area (Å²) in [5.41, 5.74) is 3.45. The maximum atomic E-state index is 12.1. The van der Waals surface area contributed by atoms with Crippen LogP contribution in [0.3, 0.4) is 0 Å². The van der Waals surface area contributed by atoms with Crippen molar-refractivity contribution in [2.24, 2.45) is 0 Å². The summed E-state index contributed by atoms with van der Waals surface area (Å²) < 4.78 is 0. The van der Waals surface area contributed by atoms with Gasteiger partial charge in [0.2, 0.25) is 5.95 Å². The minimum Gasteiger partial charge on any atom is -0.347 e. The van der Waals surface area contributed by atoms with Gasteiger partial charge in [-0.05, 0) is 36.8 Å². The molecular weight excluding hydrogens is 314 g/mol. The van der Waals surface area contributed by atoms with Crippen molar-refractivity contribution in [2.45, 2.75) is 31.7 Å². The number of amides is 2. The molecule has 0 aliphatic heterocycles. The maximum absolute atomic E-state index is 12.1. The fraction of sp³-hybridized carbons (Fsp3) is 0.421. The van der Waals surface area contributed by atoms with Gasteiger partial charge in [0, 0.05) is 38.6 Å². The van der Waals surface area contributed by atoms with Gasteiger partial charge >= 0.3 is 6.03 Å². The van der Waals surface area contributed by atoms with Crippen LogP contribution in [0.2, 0.25) is 0 Å². The first-order valence-electron chi connectivity index (χ1n) is 8.72. The fourth-order valence-corrected chi connectivity index (χ4v) is 3.04. The fourth-order valence-electron chi connectivity index (χ4n) is 3.04. The van der Waals surface area contributed by atoms with E-state index in [4.69, 9.17) is 0 Å². The molecule has 2 aromatic rings. The van der Waals surface area contributed by atoms with Gasteiger partial charge in [0.05, 0.1) is 0 Å². The molecule has 6 nitrogen and oxygen atoms in total. The number of nitrogens with one attached hydrogen (secondary N) is 2. The van der Waals surface area contributed by atoms with Crippen LogP contribution < -0.4 is 15.5 Å². The zero-order valence-electron chi connectivity index (χ0n) is 14.8. The van der Waals surface area contributed by atoms with Crippen molar-refractivity contribution in [3.63, 3.8) is 0 Å². The molecule has 2 N–H and O–H groups in total. The molecule has 0 unspecified atom stereocenters. The van der Waals surface area contributed by atoms with Gasteiger partial charge in [-0.2, -0.15) is 0 Å². The van der Waals surface area contributed by atoms with Crippen molar-refractivity contribution in [3.8, 4) is 0 Å². The molecule has 0 radical (unpaired) electrons. The third-order valence-corrected chi connectivity index (χ3v) is 4.41. The van der Waals surface area contributed by atoms with E-state index in [0.29, 0.717) is 6.54 Å². The van der Waals surface area contributed by atoms with E-state index in [1.165, 1.54) is 5.56 Å². The molecule has 2 amide bonds. The first-order valence-corrected chi connectivity index (χ1v) is 8.72. The number of aromatic nitrogens is 2. The van der Waals surface area contributed by atoms with Crippen LogP contribution in [0.1, 0.15) is 23.2 Å². The normalized spacial score (nSPS) is 16.0. The van der Waals surface area contributed by atoms with Crippen LogP contribution in [0, 0.1) is 0 Å². The number of carbonyl (C=O) groups is 1. The summed E-state index contributed by atoms with van der Waals surface area (Å²) in [5.74, 6) is 0.740. The number of benzene rings is 1. The SMILES string of the molecule is CN(C)c1ncc2c(n1)CC[C@@H](NC(=O)NCCc1ccccc1)C2. The highest BCUT2D eigenvalue weighted by atomic mass is 16.2. The number of hydrogen-bond acceptors (Lipinski definition) is 4. The predicted octanol–water partition coefficient (Wildman–Crippen LogP) is 1.94. The van der Waals surface area contributed by atoms with Gasteiger partial charge in [0.1, 0.15) is 0 Å². The summed E-state index contributed by atoms with van der Waals surface area (Å²) in [6, 6.07) is 10.2. The lowest BCUT2D eigenvalue weighted by Crippen LogP contribution is -2.45. The van der Waals surface area contributed by atoms with Gasteiger partial charge in [0.15, 0.2) is 0 Å². The molecule has 0 saturated heterocycles. The predicted molar refractivity (Wildman–Crippen MR) is 98.9 cm³/mol. The molecule has 1 heterocycles. The highest BCUT2D eigenvalue weighted by molar-refractivity contribution is 5.74. The Bertz CT molecular complexity index is 717. The Hall–Kier alpha value is -2.63. The van der Waals surface area contributed by atoms with Crippen molar-refractivity contribution in [3.05, 3.63) is 53.3 Å². The number of carbonyl (C=O) groups excluding carboxylic acids is 1. The minimum absolute atomic E-state index is 0.102. The third-order valence-electron chi connectivity index (χ3n) is 4.41. The highest BCUT2D eigenvalue weighted by Gasteiger charge is 2.22. The van der Waals surface area contributed by atoms with Crippen molar-refractivity contribution in [1.82, 2.24) is 20.6 Å². The first-order chi connectivity index (χ1) is 12.1. The Morgan fingerprint density at radius 1 is 1.28 bits per heavy atom. The van der Waals surface area contributed by atoms with E-state index in [9.17, 15) is 4.79 Å². The molecular formula is C19H25N5O. The van der Waals surface area contributed by atoms with Crippen molar-refractivity contribution >= 4 is 12.0 Å². The van der Waals surface area contributed by atoms with E-state index in [1.807, 2.05) is 43.4 Å². The standard InChI is InChI=1S/C19H25N5O/c1-24(2)18-21-13-15-12-16(8-9-17(15)23-18)22-19(25)20-11-10-14-6-4-3-5-7-14/h3-7,13,16H,8-12H2,1-2H3,(H2,20,22,25)/t16-/m1/s1. The third kappa shape index (κ3) is 4.68. The quantitative estimate of drug-likeness (QED) is 0.873. The van der Waals surface area contributed by atoms with Gasteiger partial charge in [-0.15, -0.1) is 0 Å². The first kappa shape index (κ1) is 17.2. The molecule has 1 atom stereocenters. The van der Waals surface area contributed by atoms with E-state index in [1.54, 1.807) is 0 Å². The monoisotopic (exact) mass is 339 g/mol. The van der Waals surface area contributed by atoms with E-state index in [2.05, 4.69) is 32.7 Å². The Kier molecular flexibility index (Phi) is 5.48. The second-order valence-corrected chi connectivity index (χ2v) is 6.61. The highest BCUT2D eigenvalue weighted by Crippen LogP contribution is 2.20. The summed E-state index contributed by atoms with van der Waals surface area (Å²) >= 11 is 0. The van der Waals surface area contributed by atoms with Crippen molar-refractivity contribution in [2.75, 3.05) is 25.5 Å². The summed E-state index contributed by atoms with van der Waals surface area (Å²) in [4.78, 5) is 23.0. The molecule has 132 valence electrons. The van der Waals surface area contributed by atoms with Gasteiger partial charge in [-0.1, -0.05) is 30.3 Å². The molecule has 6 heteroatoms. The zero-order chi connectivity index (χ0) is 17.6. The lowest BCUT2D eigenvalue weighted by Gasteiger charge is -2.25. The van der Waals surface area contributed by atoms with Gasteiger partial charge in [-0.3, -0.25) is 0 Å². The molecule has 0 saturated carbocycles. The van der Waals surface area contributed by atoms with Crippen LogP contribution in [-0.4, -0.2) is 42.7 Å². The molecule has 1 aromatic carbocycles. The lowest BCUT2D eigenvalue weighted by molar-refractivity contribution is 0.235. The number of rotatable bonds is 5. The Morgan fingerprint density at radius 3 is 2.84 bits per heavy atom. The lowest BCUT2D eigenvalue weighted by atomic mass is 9.93.